The highest BCUT2D eigenvalue weighted by molar-refractivity contribution is 5.76. The van der Waals surface area contributed by atoms with Crippen molar-refractivity contribution in [2.75, 3.05) is 0 Å². The molecule has 0 aliphatic rings. The van der Waals surface area contributed by atoms with Crippen LogP contribution in [0.3, 0.4) is 0 Å². The Balaban J connectivity index is 1.71. The molecule has 1 N–H and O–H groups in total. The zero-order chi connectivity index (χ0) is 20.3. The molecule has 2 aromatic carbocycles. The molecule has 0 saturated carbocycles. The third kappa shape index (κ3) is 4.48. The summed E-state index contributed by atoms with van der Waals surface area (Å²) in [6.07, 6.45) is 0.154. The van der Waals surface area contributed by atoms with Gasteiger partial charge in [-0.05, 0) is 30.7 Å². The van der Waals surface area contributed by atoms with Gasteiger partial charge in [0.25, 0.3) is 0 Å². The number of amides is 1. The Labute approximate surface area is 157 Å². The standard InChI is InChI=1S/C19H16F3N3O3/c1-11(15-7-6-14(21)9-16(15)22)23-18(26)10-25-17(24-28-19(25)27)8-12-2-4-13(20)5-3-12/h2-7,9,11H,8,10H2,1H3,(H,23,26). The Kier molecular flexibility index (Phi) is 5.62. The van der Waals surface area contributed by atoms with E-state index in [1.165, 1.54) is 37.3 Å². The maximum atomic E-state index is 13.8. The predicted octanol–water partition coefficient (Wildman–Crippen LogP) is 2.72. The fraction of sp³-hybridized carbons (Fsp3) is 0.211. The van der Waals surface area contributed by atoms with E-state index in [-0.39, 0.29) is 17.8 Å². The second-order valence-corrected chi connectivity index (χ2v) is 6.21. The van der Waals surface area contributed by atoms with Crippen molar-refractivity contribution in [2.45, 2.75) is 25.9 Å². The molecular weight excluding hydrogens is 375 g/mol. The van der Waals surface area contributed by atoms with Gasteiger partial charge in [0.05, 0.1) is 6.04 Å². The lowest BCUT2D eigenvalue weighted by molar-refractivity contribution is -0.122. The number of carbonyl (C=O) groups is 1. The number of halogens is 3. The molecule has 0 saturated heterocycles. The van der Waals surface area contributed by atoms with E-state index in [4.69, 9.17) is 0 Å². The van der Waals surface area contributed by atoms with E-state index in [9.17, 15) is 22.8 Å². The van der Waals surface area contributed by atoms with Crippen LogP contribution in [0, 0.1) is 17.5 Å². The smallest absolute Gasteiger partial charge is 0.348 e. The predicted molar refractivity (Wildman–Crippen MR) is 92.9 cm³/mol. The molecule has 1 aromatic heterocycles. The maximum absolute atomic E-state index is 13.8. The van der Waals surface area contributed by atoms with E-state index in [1.807, 2.05) is 0 Å². The summed E-state index contributed by atoms with van der Waals surface area (Å²) in [7, 11) is 0. The van der Waals surface area contributed by atoms with E-state index in [0.29, 0.717) is 5.56 Å². The van der Waals surface area contributed by atoms with Crippen LogP contribution in [0.5, 0.6) is 0 Å². The maximum Gasteiger partial charge on any atom is 0.442 e. The van der Waals surface area contributed by atoms with Crippen molar-refractivity contribution >= 4 is 5.91 Å². The van der Waals surface area contributed by atoms with E-state index in [2.05, 4.69) is 15.0 Å². The van der Waals surface area contributed by atoms with Gasteiger partial charge in [0.1, 0.15) is 24.0 Å². The first-order valence-corrected chi connectivity index (χ1v) is 8.37. The number of carbonyl (C=O) groups excluding carboxylic acids is 1. The van der Waals surface area contributed by atoms with Gasteiger partial charge in [-0.2, -0.15) is 0 Å². The summed E-state index contributed by atoms with van der Waals surface area (Å²) in [5, 5.41) is 6.19. The molecule has 9 heteroatoms. The SMILES string of the molecule is CC(NC(=O)Cn1c(Cc2ccc(F)cc2)noc1=O)c1ccc(F)cc1F. The highest BCUT2D eigenvalue weighted by Gasteiger charge is 2.18. The lowest BCUT2D eigenvalue weighted by Crippen LogP contribution is -2.33. The number of nitrogens with zero attached hydrogens (tertiary/aromatic N) is 2. The lowest BCUT2D eigenvalue weighted by atomic mass is 10.1. The normalized spacial score (nSPS) is 12.0. The van der Waals surface area contributed by atoms with Crippen molar-refractivity contribution in [3.63, 3.8) is 0 Å². The molecule has 146 valence electrons. The molecule has 3 aromatic rings. The number of nitrogens with one attached hydrogen (secondary N) is 1. The Morgan fingerprint density at radius 1 is 1.14 bits per heavy atom. The molecule has 6 nitrogen and oxygen atoms in total. The van der Waals surface area contributed by atoms with E-state index < -0.39 is 41.7 Å². The molecule has 3 rings (SSSR count). The van der Waals surface area contributed by atoms with E-state index in [0.717, 1.165) is 16.7 Å². The van der Waals surface area contributed by atoms with E-state index in [1.54, 1.807) is 0 Å². The first kappa shape index (κ1) is 19.4. The topological polar surface area (TPSA) is 77.1 Å². The van der Waals surface area contributed by atoms with Crippen LogP contribution in [-0.4, -0.2) is 15.6 Å². The molecule has 1 amide bonds. The van der Waals surface area contributed by atoms with Gasteiger partial charge in [-0.25, -0.2) is 18.0 Å². The molecule has 0 spiro atoms. The number of aromatic nitrogens is 2. The Bertz CT molecular complexity index is 1040. The molecule has 28 heavy (non-hydrogen) atoms. The third-order valence-corrected chi connectivity index (χ3v) is 4.14. The minimum atomic E-state index is -0.826. The quantitative estimate of drug-likeness (QED) is 0.701. The number of benzene rings is 2. The summed E-state index contributed by atoms with van der Waals surface area (Å²) in [4.78, 5) is 24.1. The summed E-state index contributed by atoms with van der Waals surface area (Å²) in [6, 6.07) is 7.89. The van der Waals surface area contributed by atoms with Crippen molar-refractivity contribution in [2.24, 2.45) is 0 Å². The van der Waals surface area contributed by atoms with Crippen LogP contribution in [0.1, 0.15) is 29.9 Å². The second kappa shape index (κ2) is 8.12. The van der Waals surface area contributed by atoms with Gasteiger partial charge in [0.15, 0.2) is 5.82 Å². The summed E-state index contributed by atoms with van der Waals surface area (Å²) in [6.45, 7) is 1.13. The van der Waals surface area contributed by atoms with Gasteiger partial charge < -0.3 is 5.32 Å². The number of hydrogen-bond acceptors (Lipinski definition) is 4. The molecule has 0 radical (unpaired) electrons. The summed E-state index contributed by atoms with van der Waals surface area (Å²) in [5.74, 6) is -3.13. The van der Waals surface area contributed by atoms with Gasteiger partial charge in [0.2, 0.25) is 5.91 Å². The average molecular weight is 391 g/mol. The zero-order valence-electron chi connectivity index (χ0n) is 14.8. The molecule has 0 bridgehead atoms. The monoisotopic (exact) mass is 391 g/mol. The van der Waals surface area contributed by atoms with Crippen molar-refractivity contribution in [1.29, 1.82) is 0 Å². The molecule has 0 aliphatic heterocycles. The van der Waals surface area contributed by atoms with Crippen LogP contribution in [0.4, 0.5) is 13.2 Å². The van der Waals surface area contributed by atoms with Gasteiger partial charge in [-0.3, -0.25) is 13.9 Å². The van der Waals surface area contributed by atoms with Crippen LogP contribution >= 0.6 is 0 Å². The van der Waals surface area contributed by atoms with Crippen molar-refractivity contribution in [1.82, 2.24) is 15.0 Å². The minimum Gasteiger partial charge on any atom is -0.348 e. The summed E-state index contributed by atoms with van der Waals surface area (Å²) < 4.78 is 45.5. The number of rotatable bonds is 6. The molecule has 0 fully saturated rings. The highest BCUT2D eigenvalue weighted by Crippen LogP contribution is 2.17. The molecule has 0 aliphatic carbocycles. The van der Waals surface area contributed by atoms with Crippen molar-refractivity contribution in [3.05, 3.63) is 87.4 Å². The first-order valence-electron chi connectivity index (χ1n) is 8.37. The molecule has 1 atom stereocenters. The number of hydrogen-bond donors (Lipinski definition) is 1. The van der Waals surface area contributed by atoms with Gasteiger partial charge in [-0.15, -0.1) is 0 Å². The zero-order valence-corrected chi connectivity index (χ0v) is 14.8. The highest BCUT2D eigenvalue weighted by atomic mass is 19.1. The first-order chi connectivity index (χ1) is 13.3. The van der Waals surface area contributed by atoms with Gasteiger partial charge in [0, 0.05) is 18.1 Å². The van der Waals surface area contributed by atoms with Crippen molar-refractivity contribution < 1.29 is 22.5 Å². The lowest BCUT2D eigenvalue weighted by Gasteiger charge is -2.15. The van der Waals surface area contributed by atoms with Gasteiger partial charge >= 0.3 is 5.76 Å². The van der Waals surface area contributed by atoms with Crippen LogP contribution in [0.15, 0.2) is 51.8 Å². The summed E-state index contributed by atoms with van der Waals surface area (Å²) in [5.41, 5.74) is 0.782. The van der Waals surface area contributed by atoms with Gasteiger partial charge in [-0.1, -0.05) is 23.4 Å². The van der Waals surface area contributed by atoms with Crippen molar-refractivity contribution in [3.8, 4) is 0 Å². The Hall–Kier alpha value is -3.36. The van der Waals surface area contributed by atoms with Crippen LogP contribution in [0.2, 0.25) is 0 Å². The second-order valence-electron chi connectivity index (χ2n) is 6.21. The van der Waals surface area contributed by atoms with Crippen LogP contribution in [-0.2, 0) is 17.8 Å². The minimum absolute atomic E-state index is 0.110. The Morgan fingerprint density at radius 3 is 2.50 bits per heavy atom. The Morgan fingerprint density at radius 2 is 1.82 bits per heavy atom. The molecule has 1 unspecified atom stereocenters. The molecular formula is C19H16F3N3O3. The van der Waals surface area contributed by atoms with Crippen LogP contribution < -0.4 is 11.1 Å². The average Bonchev–Trinajstić information content (AvgIpc) is 2.96. The fourth-order valence-corrected chi connectivity index (χ4v) is 2.73. The third-order valence-electron chi connectivity index (χ3n) is 4.14. The molecule has 1 heterocycles. The largest absolute Gasteiger partial charge is 0.442 e. The van der Waals surface area contributed by atoms with E-state index >= 15 is 0 Å². The summed E-state index contributed by atoms with van der Waals surface area (Å²) >= 11 is 0. The fourth-order valence-electron chi connectivity index (χ4n) is 2.73. The van der Waals surface area contributed by atoms with Crippen LogP contribution in [0.25, 0.3) is 0 Å².